The predicted molar refractivity (Wildman–Crippen MR) is 221 cm³/mol. The van der Waals surface area contributed by atoms with Gasteiger partial charge in [0.25, 0.3) is 6.71 Å². The highest BCUT2D eigenvalue weighted by atomic mass is 15.1. The summed E-state index contributed by atoms with van der Waals surface area (Å²) in [5, 5.41) is 14.8. The minimum Gasteiger partial charge on any atom is -0.309 e. The van der Waals surface area contributed by atoms with Gasteiger partial charge in [0.15, 0.2) is 0 Å². The zero-order chi connectivity index (χ0) is 33.4. The second-order valence-electron chi connectivity index (χ2n) is 14.8. The van der Waals surface area contributed by atoms with Gasteiger partial charge in [0.1, 0.15) is 5.65 Å². The van der Waals surface area contributed by atoms with Crippen LogP contribution in [-0.4, -0.2) is 20.2 Å². The van der Waals surface area contributed by atoms with Crippen LogP contribution in [0.4, 0.5) is 0 Å². The van der Waals surface area contributed by atoms with Crippen molar-refractivity contribution in [1.29, 1.82) is 0 Å². The van der Waals surface area contributed by atoms with E-state index < -0.39 is 0 Å². The van der Waals surface area contributed by atoms with Crippen molar-refractivity contribution in [3.8, 4) is 11.4 Å². The quantitative estimate of drug-likeness (QED) is 0.124. The Morgan fingerprint density at radius 1 is 0.365 bits per heavy atom. The summed E-state index contributed by atoms with van der Waals surface area (Å²) in [6.07, 6.45) is 0. The fourth-order valence-corrected chi connectivity index (χ4v) is 10.7. The van der Waals surface area contributed by atoms with Crippen molar-refractivity contribution >= 4 is 116 Å². The van der Waals surface area contributed by atoms with Crippen LogP contribution in [0.1, 0.15) is 0 Å². The number of hydrogen-bond acceptors (Lipinski definition) is 0. The Balaban J connectivity index is 1.26. The van der Waals surface area contributed by atoms with E-state index in [2.05, 4.69) is 171 Å². The van der Waals surface area contributed by atoms with Crippen molar-refractivity contribution in [2.45, 2.75) is 0 Å². The van der Waals surface area contributed by atoms with Gasteiger partial charge in [-0.25, -0.2) is 0 Å². The largest absolute Gasteiger partial charge is 0.309 e. The first-order chi connectivity index (χ1) is 25.8. The molecule has 0 radical (unpaired) electrons. The molecule has 12 aromatic rings. The van der Waals surface area contributed by atoms with Crippen LogP contribution in [0.15, 0.2) is 158 Å². The van der Waals surface area contributed by atoms with Gasteiger partial charge in [-0.3, -0.25) is 8.97 Å². The lowest BCUT2D eigenvalue weighted by molar-refractivity contribution is 1.15. The molecule has 0 amide bonds. The third kappa shape index (κ3) is 2.79. The van der Waals surface area contributed by atoms with Crippen molar-refractivity contribution in [1.82, 2.24) is 13.5 Å². The molecule has 0 N–H and O–H groups in total. The third-order valence-corrected chi connectivity index (χ3v) is 12.6. The summed E-state index contributed by atoms with van der Waals surface area (Å²) in [5.74, 6) is 0. The summed E-state index contributed by atoms with van der Waals surface area (Å²) in [4.78, 5) is 0. The molecule has 2 aliphatic rings. The predicted octanol–water partition coefficient (Wildman–Crippen LogP) is 9.89. The number of fused-ring (bicyclic) bond motifs is 15. The lowest BCUT2D eigenvalue weighted by atomic mass is 9.33. The summed E-state index contributed by atoms with van der Waals surface area (Å²) in [6, 6.07) is 59.3. The Labute approximate surface area is 297 Å². The van der Waals surface area contributed by atoms with E-state index in [9.17, 15) is 0 Å². The van der Waals surface area contributed by atoms with E-state index in [-0.39, 0.29) is 6.71 Å². The molecule has 0 spiro atoms. The Morgan fingerprint density at radius 3 is 1.92 bits per heavy atom. The topological polar surface area (TPSA) is 14.3 Å². The maximum atomic E-state index is 2.61. The Kier molecular flexibility index (Phi) is 4.39. The number of benzene rings is 9. The van der Waals surface area contributed by atoms with E-state index in [1.54, 1.807) is 0 Å². The van der Waals surface area contributed by atoms with Crippen LogP contribution in [0.5, 0.6) is 0 Å². The molecule has 2 aliphatic heterocycles. The lowest BCUT2D eigenvalue weighted by Gasteiger charge is -2.32. The molecule has 3 aromatic heterocycles. The molecular weight excluding hydrogens is 629 g/mol. The molecule has 0 saturated heterocycles. The van der Waals surface area contributed by atoms with Gasteiger partial charge in [0.05, 0.1) is 27.6 Å². The van der Waals surface area contributed by atoms with Crippen molar-refractivity contribution in [2.75, 3.05) is 0 Å². The van der Waals surface area contributed by atoms with E-state index in [0.29, 0.717) is 0 Å². The fraction of sp³-hybridized carbons (Fsp3) is 0. The van der Waals surface area contributed by atoms with Crippen LogP contribution in [0.25, 0.3) is 104 Å². The van der Waals surface area contributed by atoms with Crippen LogP contribution in [0.2, 0.25) is 0 Å². The molecule has 0 unspecified atom stereocenters. The van der Waals surface area contributed by atoms with Crippen molar-refractivity contribution < 1.29 is 0 Å². The zero-order valence-corrected chi connectivity index (χ0v) is 27.9. The molecular formula is C48H26BN3. The van der Waals surface area contributed by atoms with E-state index >= 15 is 0 Å². The molecule has 0 atom stereocenters. The molecule has 9 aromatic carbocycles. The Hall–Kier alpha value is -6.78. The third-order valence-electron chi connectivity index (χ3n) is 12.6. The van der Waals surface area contributed by atoms with Gasteiger partial charge in [-0.1, -0.05) is 121 Å². The maximum absolute atomic E-state index is 2.61. The smallest absolute Gasteiger partial charge is 0.251 e. The summed E-state index contributed by atoms with van der Waals surface area (Å²) in [6.45, 7) is 0.113. The Morgan fingerprint density at radius 2 is 1.08 bits per heavy atom. The minimum absolute atomic E-state index is 0.113. The normalized spacial score (nSPS) is 13.3. The summed E-state index contributed by atoms with van der Waals surface area (Å²) < 4.78 is 7.62. The van der Waals surface area contributed by atoms with Gasteiger partial charge in [-0.05, 0) is 102 Å². The highest BCUT2D eigenvalue weighted by Gasteiger charge is 2.41. The first-order valence-electron chi connectivity index (χ1n) is 18.2. The van der Waals surface area contributed by atoms with E-state index in [1.807, 2.05) is 0 Å². The molecule has 52 heavy (non-hydrogen) atoms. The summed E-state index contributed by atoms with van der Waals surface area (Å²) in [7, 11) is 0. The number of aromatic nitrogens is 3. The van der Waals surface area contributed by atoms with Crippen LogP contribution in [0.3, 0.4) is 0 Å². The first-order valence-corrected chi connectivity index (χ1v) is 18.2. The van der Waals surface area contributed by atoms with Crippen molar-refractivity contribution in [2.24, 2.45) is 0 Å². The molecule has 3 nitrogen and oxygen atoms in total. The molecule has 0 bridgehead atoms. The second-order valence-corrected chi connectivity index (χ2v) is 14.8. The highest BCUT2D eigenvalue weighted by molar-refractivity contribution is 7.03. The summed E-state index contributed by atoms with van der Waals surface area (Å²) >= 11 is 0. The van der Waals surface area contributed by atoms with Gasteiger partial charge in [-0.2, -0.15) is 0 Å². The molecule has 0 fully saturated rings. The van der Waals surface area contributed by atoms with Crippen LogP contribution >= 0.6 is 0 Å². The highest BCUT2D eigenvalue weighted by Crippen LogP contribution is 2.44. The van der Waals surface area contributed by atoms with Gasteiger partial charge in [-0.15, -0.1) is 0 Å². The molecule has 0 saturated carbocycles. The van der Waals surface area contributed by atoms with Crippen LogP contribution < -0.4 is 16.4 Å². The molecule has 5 heterocycles. The number of rotatable bonds is 1. The maximum Gasteiger partial charge on any atom is 0.251 e. The number of para-hydroxylation sites is 3. The minimum atomic E-state index is 0.113. The second kappa shape index (κ2) is 8.74. The molecule has 236 valence electrons. The number of imidazole rings is 1. The number of hydrogen-bond donors (Lipinski definition) is 0. The standard InChI is InChI=1S/C48H26BN3/c1-2-12-28(13-3-1)50-37-19-8-6-16-31(37)35-25-41-42(26-40(35)50)52-39-24-23-33-30-15-5-4-14-29(30)32-22-21-27-11-10-18-36-43(27)44(32)45(33)47(39)49(36)46-34-17-7-9-20-38(34)51(41)48(46)52/h1-26H. The SMILES string of the molecule is c1ccc(-n2c3ccccc3c3cc4c(cc32)n2c3c(c5ccccc5n43)B3c4cccc5ccc6c7ccccc7c7ccc-2c3c7c6c45)cc1. The molecule has 14 rings (SSSR count). The van der Waals surface area contributed by atoms with E-state index in [4.69, 9.17) is 0 Å². The van der Waals surface area contributed by atoms with Crippen molar-refractivity contribution in [3.63, 3.8) is 0 Å². The lowest BCUT2D eigenvalue weighted by Crippen LogP contribution is -2.57. The summed E-state index contributed by atoms with van der Waals surface area (Å²) in [5.41, 5.74) is 14.2. The first kappa shape index (κ1) is 26.1. The average molecular weight is 656 g/mol. The van der Waals surface area contributed by atoms with E-state index in [1.165, 1.54) is 120 Å². The monoisotopic (exact) mass is 655 g/mol. The van der Waals surface area contributed by atoms with Gasteiger partial charge in [0.2, 0.25) is 0 Å². The van der Waals surface area contributed by atoms with Gasteiger partial charge >= 0.3 is 0 Å². The zero-order valence-electron chi connectivity index (χ0n) is 27.9. The van der Waals surface area contributed by atoms with Crippen LogP contribution in [0, 0.1) is 0 Å². The van der Waals surface area contributed by atoms with Gasteiger partial charge in [0, 0.05) is 22.1 Å². The van der Waals surface area contributed by atoms with Crippen LogP contribution in [-0.2, 0) is 0 Å². The fourth-order valence-electron chi connectivity index (χ4n) is 10.7. The number of nitrogens with zero attached hydrogens (tertiary/aromatic N) is 3. The average Bonchev–Trinajstić information content (AvgIpc) is 3.84. The van der Waals surface area contributed by atoms with E-state index in [0.717, 1.165) is 0 Å². The molecule has 4 heteroatoms. The van der Waals surface area contributed by atoms with Gasteiger partial charge < -0.3 is 4.57 Å². The van der Waals surface area contributed by atoms with Crippen molar-refractivity contribution in [3.05, 3.63) is 158 Å². The molecule has 0 aliphatic carbocycles. The Bertz CT molecular complexity index is 3640.